The fourth-order valence-corrected chi connectivity index (χ4v) is 4.31. The molecule has 1 aromatic rings. The average Bonchev–Trinajstić information content (AvgIpc) is 2.88. The number of carbonyl (C=O) groups excluding carboxylic acids is 2. The van der Waals surface area contributed by atoms with Crippen LogP contribution >= 0.6 is 0 Å². The number of ether oxygens (including phenoxy) is 1. The molecule has 0 unspecified atom stereocenters. The van der Waals surface area contributed by atoms with Gasteiger partial charge < -0.3 is 14.5 Å². The summed E-state index contributed by atoms with van der Waals surface area (Å²) in [5.41, 5.74) is 0.535. The van der Waals surface area contributed by atoms with Crippen LogP contribution in [-0.4, -0.2) is 91.0 Å². The van der Waals surface area contributed by atoms with E-state index in [1.54, 1.807) is 12.0 Å². The van der Waals surface area contributed by atoms with Crippen LogP contribution in [0.4, 0.5) is 4.79 Å². The van der Waals surface area contributed by atoms with E-state index >= 15 is 0 Å². The predicted molar refractivity (Wildman–Crippen MR) is 108 cm³/mol. The van der Waals surface area contributed by atoms with E-state index in [1.807, 2.05) is 38.1 Å². The molecule has 1 aromatic carbocycles. The van der Waals surface area contributed by atoms with Gasteiger partial charge in [-0.3, -0.25) is 14.6 Å². The summed E-state index contributed by atoms with van der Waals surface area (Å²) in [5.74, 6) is 0.846. The lowest BCUT2D eigenvalue weighted by Gasteiger charge is -2.42. The lowest BCUT2D eigenvalue weighted by Crippen LogP contribution is -2.56. The molecule has 154 valence electrons. The Morgan fingerprint density at radius 1 is 1.18 bits per heavy atom. The van der Waals surface area contributed by atoms with Crippen LogP contribution in [0, 0.1) is 0 Å². The second-order valence-electron chi connectivity index (χ2n) is 7.95. The number of likely N-dealkylation sites (N-methyl/N-ethyl adjacent to an activating group) is 2. The Morgan fingerprint density at radius 3 is 2.50 bits per heavy atom. The van der Waals surface area contributed by atoms with Gasteiger partial charge in [0.15, 0.2) is 0 Å². The monoisotopic (exact) mass is 388 g/mol. The molecule has 7 heteroatoms. The molecule has 3 rings (SSSR count). The zero-order valence-corrected chi connectivity index (χ0v) is 17.5. The van der Waals surface area contributed by atoms with E-state index < -0.39 is 5.54 Å². The Morgan fingerprint density at radius 2 is 1.89 bits per heavy atom. The number of likely N-dealkylation sites (tertiary alicyclic amines) is 1. The molecule has 7 nitrogen and oxygen atoms in total. The van der Waals surface area contributed by atoms with Gasteiger partial charge in [0.05, 0.1) is 7.11 Å². The number of urea groups is 1. The first-order valence-corrected chi connectivity index (χ1v) is 10.0. The van der Waals surface area contributed by atoms with Crippen molar-refractivity contribution >= 4 is 11.9 Å². The van der Waals surface area contributed by atoms with Crippen LogP contribution in [-0.2, 0) is 11.3 Å². The van der Waals surface area contributed by atoms with Gasteiger partial charge in [0, 0.05) is 39.3 Å². The Labute approximate surface area is 167 Å². The number of nitrogens with zero attached hydrogens (tertiary/aromatic N) is 4. The molecule has 28 heavy (non-hydrogen) atoms. The first kappa shape index (κ1) is 20.6. The molecular formula is C21H32N4O3. The highest BCUT2D eigenvalue weighted by Gasteiger charge is 2.57. The third kappa shape index (κ3) is 3.86. The van der Waals surface area contributed by atoms with Gasteiger partial charge >= 0.3 is 6.03 Å². The zero-order valence-electron chi connectivity index (χ0n) is 17.5. The van der Waals surface area contributed by atoms with E-state index in [4.69, 9.17) is 4.74 Å². The predicted octanol–water partition coefficient (Wildman–Crippen LogP) is 1.88. The molecule has 1 spiro atoms. The second-order valence-corrected chi connectivity index (χ2v) is 7.95. The zero-order chi connectivity index (χ0) is 20.3. The summed E-state index contributed by atoms with van der Waals surface area (Å²) in [4.78, 5) is 33.7. The molecule has 3 amide bonds. The van der Waals surface area contributed by atoms with Crippen molar-refractivity contribution < 1.29 is 14.3 Å². The van der Waals surface area contributed by atoms with Gasteiger partial charge in [-0.15, -0.1) is 0 Å². The van der Waals surface area contributed by atoms with Crippen molar-refractivity contribution in [3.05, 3.63) is 29.8 Å². The summed E-state index contributed by atoms with van der Waals surface area (Å²) >= 11 is 0. The smallest absolute Gasteiger partial charge is 0.327 e. The second kappa shape index (κ2) is 8.49. The topological polar surface area (TPSA) is 56.3 Å². The van der Waals surface area contributed by atoms with Gasteiger partial charge in [0.1, 0.15) is 11.3 Å². The minimum Gasteiger partial charge on any atom is -0.497 e. The Kier molecular flexibility index (Phi) is 6.25. The van der Waals surface area contributed by atoms with Crippen molar-refractivity contribution in [1.29, 1.82) is 0 Å². The van der Waals surface area contributed by atoms with Crippen LogP contribution in [0.25, 0.3) is 0 Å². The number of rotatable bonds is 7. The first-order valence-electron chi connectivity index (χ1n) is 10.0. The maximum atomic E-state index is 13.2. The standard InChI is InChI=1S/C21H32N4O3/c1-5-25-20(27)24(14-13-22(2)3)19(26)21(25)9-11-23(12-10-21)16-17-7-6-8-18(15-17)28-4/h6-8,15H,5,9-14,16H2,1-4H3. The number of imide groups is 1. The fourth-order valence-electron chi connectivity index (χ4n) is 4.31. The maximum Gasteiger partial charge on any atom is 0.327 e. The molecule has 2 saturated heterocycles. The average molecular weight is 389 g/mol. The Bertz CT molecular complexity index is 713. The molecule has 0 atom stereocenters. The van der Waals surface area contributed by atoms with Crippen LogP contribution in [0.15, 0.2) is 24.3 Å². The maximum absolute atomic E-state index is 13.2. The van der Waals surface area contributed by atoms with Crippen molar-refractivity contribution in [2.45, 2.75) is 31.8 Å². The van der Waals surface area contributed by atoms with Gasteiger partial charge in [-0.25, -0.2) is 4.79 Å². The van der Waals surface area contributed by atoms with Crippen molar-refractivity contribution in [2.24, 2.45) is 0 Å². The van der Waals surface area contributed by atoms with E-state index in [-0.39, 0.29) is 11.9 Å². The number of piperidine rings is 1. The van der Waals surface area contributed by atoms with E-state index in [1.165, 1.54) is 10.5 Å². The van der Waals surface area contributed by atoms with Crippen molar-refractivity contribution in [3.8, 4) is 5.75 Å². The molecule has 0 saturated carbocycles. The molecule has 0 aromatic heterocycles. The SMILES string of the molecule is CCN1C(=O)N(CCN(C)C)C(=O)C12CCN(Cc1cccc(OC)c1)CC2. The molecule has 2 heterocycles. The highest BCUT2D eigenvalue weighted by molar-refractivity contribution is 6.07. The first-order chi connectivity index (χ1) is 13.4. The van der Waals surface area contributed by atoms with Crippen molar-refractivity contribution in [2.75, 3.05) is 53.9 Å². The molecule has 2 aliphatic heterocycles. The lowest BCUT2D eigenvalue weighted by atomic mass is 9.85. The summed E-state index contributed by atoms with van der Waals surface area (Å²) in [7, 11) is 5.58. The summed E-state index contributed by atoms with van der Waals surface area (Å²) < 4.78 is 5.31. The van der Waals surface area contributed by atoms with Crippen LogP contribution in [0.3, 0.4) is 0 Å². The number of methoxy groups -OCH3 is 1. The van der Waals surface area contributed by atoms with Gasteiger partial charge in [-0.2, -0.15) is 0 Å². The van der Waals surface area contributed by atoms with Gasteiger partial charge in [0.25, 0.3) is 5.91 Å². The number of hydrogen-bond donors (Lipinski definition) is 0. The Balaban J connectivity index is 1.68. The number of hydrogen-bond acceptors (Lipinski definition) is 5. The Hall–Kier alpha value is -2.12. The molecule has 0 radical (unpaired) electrons. The summed E-state index contributed by atoms with van der Waals surface area (Å²) in [5, 5.41) is 0. The molecule has 0 aliphatic carbocycles. The molecule has 2 fully saturated rings. The van der Waals surface area contributed by atoms with E-state index in [0.717, 1.165) is 25.4 Å². The number of carbonyl (C=O) groups is 2. The summed E-state index contributed by atoms with van der Waals surface area (Å²) in [6, 6.07) is 7.96. The highest BCUT2D eigenvalue weighted by Crippen LogP contribution is 2.37. The summed E-state index contributed by atoms with van der Waals surface area (Å²) in [6.45, 7) is 6.10. The van der Waals surface area contributed by atoms with Crippen molar-refractivity contribution in [3.63, 3.8) is 0 Å². The normalized spacial score (nSPS) is 19.9. The van der Waals surface area contributed by atoms with Gasteiger partial charge in [-0.1, -0.05) is 12.1 Å². The van der Waals surface area contributed by atoms with Crippen LogP contribution in [0.2, 0.25) is 0 Å². The van der Waals surface area contributed by atoms with Crippen LogP contribution in [0.5, 0.6) is 5.75 Å². The quantitative estimate of drug-likeness (QED) is 0.668. The largest absolute Gasteiger partial charge is 0.497 e. The van der Waals surface area contributed by atoms with Crippen LogP contribution < -0.4 is 4.74 Å². The molecule has 2 aliphatic rings. The van der Waals surface area contributed by atoms with E-state index in [9.17, 15) is 9.59 Å². The third-order valence-electron chi connectivity index (χ3n) is 5.93. The fraction of sp³-hybridized carbons (Fsp3) is 0.619. The minimum atomic E-state index is -0.664. The third-order valence-corrected chi connectivity index (χ3v) is 5.93. The lowest BCUT2D eigenvalue weighted by molar-refractivity contribution is -0.135. The van der Waals surface area contributed by atoms with Crippen molar-refractivity contribution in [1.82, 2.24) is 19.6 Å². The highest BCUT2D eigenvalue weighted by atomic mass is 16.5. The molecular weight excluding hydrogens is 356 g/mol. The minimum absolute atomic E-state index is 0.0118. The van der Waals surface area contributed by atoms with Gasteiger partial charge in [-0.05, 0) is 51.6 Å². The summed E-state index contributed by atoms with van der Waals surface area (Å²) in [6.07, 6.45) is 1.38. The van der Waals surface area contributed by atoms with Crippen LogP contribution in [0.1, 0.15) is 25.3 Å². The number of benzene rings is 1. The van der Waals surface area contributed by atoms with E-state index in [0.29, 0.717) is 32.5 Å². The molecule has 0 N–H and O–H groups in total. The number of amides is 3. The molecule has 0 bridgehead atoms. The van der Waals surface area contributed by atoms with E-state index in [2.05, 4.69) is 17.0 Å². The van der Waals surface area contributed by atoms with Gasteiger partial charge in [0.2, 0.25) is 0 Å².